The molecule has 1 fully saturated rings. The number of likely N-dealkylation sites (tertiary alicyclic amines) is 1. The Morgan fingerprint density at radius 2 is 2.06 bits per heavy atom. The van der Waals surface area contributed by atoms with Crippen LogP contribution < -0.4 is 0 Å². The molecule has 5 heterocycles. The van der Waals surface area contributed by atoms with Gasteiger partial charge in [0.25, 0.3) is 0 Å². The van der Waals surface area contributed by atoms with E-state index >= 15 is 0 Å². The number of piperidine rings is 1. The van der Waals surface area contributed by atoms with Crippen molar-refractivity contribution in [1.82, 2.24) is 29.0 Å². The molecule has 1 aliphatic rings. The molecule has 0 spiro atoms. The fourth-order valence-corrected chi connectivity index (χ4v) is 4.47. The largest absolute Gasteiger partial charge is 0.342 e. The Labute approximate surface area is 181 Å². The Morgan fingerprint density at radius 3 is 2.84 bits per heavy atom. The van der Waals surface area contributed by atoms with E-state index in [1.807, 2.05) is 66.3 Å². The lowest BCUT2D eigenvalue weighted by atomic mass is 9.93. The first kappa shape index (κ1) is 19.5. The average Bonchev–Trinajstić information content (AvgIpc) is 3.37. The van der Waals surface area contributed by atoms with Crippen LogP contribution in [0.2, 0.25) is 0 Å². The zero-order valence-electron chi connectivity index (χ0n) is 17.9. The van der Waals surface area contributed by atoms with Gasteiger partial charge in [0, 0.05) is 61.5 Å². The predicted molar refractivity (Wildman–Crippen MR) is 119 cm³/mol. The maximum atomic E-state index is 13.1. The van der Waals surface area contributed by atoms with Crippen molar-refractivity contribution in [3.05, 3.63) is 72.2 Å². The fraction of sp³-hybridized carbons (Fsp3) is 0.333. The molecule has 31 heavy (non-hydrogen) atoms. The third-order valence-electron chi connectivity index (χ3n) is 6.16. The third-order valence-corrected chi connectivity index (χ3v) is 6.16. The van der Waals surface area contributed by atoms with E-state index in [0.29, 0.717) is 13.0 Å². The summed E-state index contributed by atoms with van der Waals surface area (Å²) in [4.78, 5) is 24.4. The lowest BCUT2D eigenvalue weighted by molar-refractivity contribution is -0.131. The number of imidazole rings is 1. The van der Waals surface area contributed by atoms with Crippen molar-refractivity contribution in [3.8, 4) is 11.1 Å². The summed E-state index contributed by atoms with van der Waals surface area (Å²) in [5, 5.41) is 4.23. The molecule has 1 amide bonds. The molecule has 0 unspecified atom stereocenters. The Morgan fingerprint density at radius 1 is 1.16 bits per heavy atom. The van der Waals surface area contributed by atoms with Gasteiger partial charge in [-0.2, -0.15) is 5.10 Å². The average molecular weight is 415 g/mol. The summed E-state index contributed by atoms with van der Waals surface area (Å²) < 4.78 is 3.81. The number of carbonyl (C=O) groups excluding carboxylic acids is 1. The van der Waals surface area contributed by atoms with E-state index in [2.05, 4.69) is 22.2 Å². The molecule has 0 bridgehead atoms. The normalized spacial score (nSPS) is 16.7. The van der Waals surface area contributed by atoms with Crippen LogP contribution in [0.25, 0.3) is 16.8 Å². The van der Waals surface area contributed by atoms with E-state index in [4.69, 9.17) is 4.98 Å². The smallest absolute Gasteiger partial charge is 0.228 e. The van der Waals surface area contributed by atoms with Crippen molar-refractivity contribution in [1.29, 1.82) is 0 Å². The summed E-state index contributed by atoms with van der Waals surface area (Å²) >= 11 is 0. The van der Waals surface area contributed by atoms with E-state index in [0.717, 1.165) is 53.2 Å². The van der Waals surface area contributed by atoms with Crippen molar-refractivity contribution in [2.45, 2.75) is 32.1 Å². The second-order valence-corrected chi connectivity index (χ2v) is 8.30. The fourth-order valence-electron chi connectivity index (χ4n) is 4.47. The van der Waals surface area contributed by atoms with Gasteiger partial charge in [-0.25, -0.2) is 4.98 Å². The van der Waals surface area contributed by atoms with Crippen LogP contribution >= 0.6 is 0 Å². The zero-order chi connectivity index (χ0) is 21.4. The molecule has 7 nitrogen and oxygen atoms in total. The van der Waals surface area contributed by atoms with Gasteiger partial charge in [0.15, 0.2) is 0 Å². The first-order chi connectivity index (χ1) is 15.1. The maximum Gasteiger partial charge on any atom is 0.228 e. The summed E-state index contributed by atoms with van der Waals surface area (Å²) in [6.45, 7) is 3.50. The molecule has 4 aromatic heterocycles. The molecule has 0 radical (unpaired) electrons. The Bertz CT molecular complexity index is 1220. The van der Waals surface area contributed by atoms with Crippen molar-refractivity contribution in [2.75, 3.05) is 13.1 Å². The van der Waals surface area contributed by atoms with Crippen LogP contribution in [-0.2, 0) is 18.3 Å². The van der Waals surface area contributed by atoms with Crippen LogP contribution in [0.3, 0.4) is 0 Å². The van der Waals surface area contributed by atoms with E-state index < -0.39 is 0 Å². The molecule has 1 atom stereocenters. The Kier molecular flexibility index (Phi) is 5.02. The van der Waals surface area contributed by atoms with E-state index in [1.54, 1.807) is 4.68 Å². The quantitative estimate of drug-likeness (QED) is 0.513. The number of aromatic nitrogens is 5. The zero-order valence-corrected chi connectivity index (χ0v) is 17.9. The van der Waals surface area contributed by atoms with Crippen LogP contribution in [-0.4, -0.2) is 48.0 Å². The number of hydrogen-bond donors (Lipinski definition) is 0. The van der Waals surface area contributed by atoms with Gasteiger partial charge in [-0.1, -0.05) is 12.1 Å². The highest BCUT2D eigenvalue weighted by molar-refractivity contribution is 5.79. The monoisotopic (exact) mass is 414 g/mol. The molecule has 0 saturated carbocycles. The number of carbonyl (C=O) groups is 1. The van der Waals surface area contributed by atoms with Gasteiger partial charge in [-0.05, 0) is 38.0 Å². The van der Waals surface area contributed by atoms with Crippen LogP contribution in [0.4, 0.5) is 0 Å². The van der Waals surface area contributed by atoms with Crippen molar-refractivity contribution in [2.24, 2.45) is 7.05 Å². The summed E-state index contributed by atoms with van der Waals surface area (Å²) in [6.07, 6.45) is 10.1. The molecule has 0 N–H and O–H groups in total. The molecular formula is C24H26N6O. The number of hydrogen-bond acceptors (Lipinski definition) is 4. The lowest BCUT2D eigenvalue weighted by Gasteiger charge is -2.32. The molecule has 5 rings (SSSR count). The molecule has 158 valence electrons. The second-order valence-electron chi connectivity index (χ2n) is 8.30. The van der Waals surface area contributed by atoms with Gasteiger partial charge in [0.1, 0.15) is 5.65 Å². The Balaban J connectivity index is 1.29. The Hall–Kier alpha value is -3.48. The van der Waals surface area contributed by atoms with Gasteiger partial charge in [-0.3, -0.25) is 14.5 Å². The lowest BCUT2D eigenvalue weighted by Crippen LogP contribution is -2.40. The number of fused-ring (bicyclic) bond motifs is 1. The van der Waals surface area contributed by atoms with Gasteiger partial charge in [-0.15, -0.1) is 0 Å². The number of pyridine rings is 2. The molecule has 7 heteroatoms. The summed E-state index contributed by atoms with van der Waals surface area (Å²) in [5.41, 5.74) is 5.95. The van der Waals surface area contributed by atoms with Crippen molar-refractivity contribution >= 4 is 11.6 Å². The van der Waals surface area contributed by atoms with Gasteiger partial charge >= 0.3 is 0 Å². The highest BCUT2D eigenvalue weighted by Crippen LogP contribution is 2.28. The minimum atomic E-state index is 0.158. The van der Waals surface area contributed by atoms with E-state index in [-0.39, 0.29) is 11.8 Å². The minimum Gasteiger partial charge on any atom is -0.342 e. The number of aryl methyl sites for hydroxylation is 2. The molecule has 0 aliphatic carbocycles. The van der Waals surface area contributed by atoms with Crippen LogP contribution in [0.5, 0.6) is 0 Å². The third kappa shape index (κ3) is 3.83. The summed E-state index contributed by atoms with van der Waals surface area (Å²) in [5.74, 6) is 0.425. The van der Waals surface area contributed by atoms with Gasteiger partial charge in [0.05, 0.1) is 24.0 Å². The molecule has 0 aromatic carbocycles. The highest BCUT2D eigenvalue weighted by atomic mass is 16.2. The summed E-state index contributed by atoms with van der Waals surface area (Å²) in [6, 6.07) is 10.1. The van der Waals surface area contributed by atoms with Gasteiger partial charge < -0.3 is 9.30 Å². The van der Waals surface area contributed by atoms with Crippen molar-refractivity contribution in [3.63, 3.8) is 0 Å². The number of amides is 1. The van der Waals surface area contributed by atoms with Crippen LogP contribution in [0, 0.1) is 6.92 Å². The van der Waals surface area contributed by atoms with E-state index in [1.165, 1.54) is 0 Å². The first-order valence-electron chi connectivity index (χ1n) is 10.7. The van der Waals surface area contributed by atoms with E-state index in [9.17, 15) is 4.79 Å². The van der Waals surface area contributed by atoms with Crippen molar-refractivity contribution < 1.29 is 4.79 Å². The standard InChI is InChI=1S/C24H26N6O/c1-17-22(30-11-4-3-7-23(30)27-17)12-24(31)29-10-5-6-19(16-29)21-9-8-18(13-25-21)20-14-26-28(2)15-20/h3-4,7-9,11,13-15,19H,5-6,10,12,16H2,1-2H3/t19-/m0/s1. The number of nitrogens with zero attached hydrogens (tertiary/aromatic N) is 6. The first-order valence-corrected chi connectivity index (χ1v) is 10.7. The van der Waals surface area contributed by atoms with Crippen LogP contribution in [0.15, 0.2) is 55.1 Å². The molecule has 1 aliphatic heterocycles. The minimum absolute atomic E-state index is 0.158. The highest BCUT2D eigenvalue weighted by Gasteiger charge is 2.26. The maximum absolute atomic E-state index is 13.1. The second kappa shape index (κ2) is 7.98. The topological polar surface area (TPSA) is 68.3 Å². The SMILES string of the molecule is Cc1nc2ccccn2c1CC(=O)N1CCC[C@H](c2ccc(-c3cnn(C)c3)cn2)C1. The molecule has 1 saturated heterocycles. The van der Waals surface area contributed by atoms with Gasteiger partial charge in [0.2, 0.25) is 5.91 Å². The summed E-state index contributed by atoms with van der Waals surface area (Å²) in [7, 11) is 1.91. The number of rotatable bonds is 4. The van der Waals surface area contributed by atoms with Crippen LogP contribution in [0.1, 0.15) is 35.8 Å². The molecular weight excluding hydrogens is 388 g/mol. The predicted octanol–water partition coefficient (Wildman–Crippen LogP) is 3.39. The molecule has 4 aromatic rings.